The third-order valence-electron chi connectivity index (χ3n) is 3.21. The van der Waals surface area contributed by atoms with Crippen molar-refractivity contribution in [1.29, 1.82) is 0 Å². The van der Waals surface area contributed by atoms with E-state index in [0.717, 1.165) is 12.4 Å². The molecule has 1 amide bonds. The molecule has 3 N–H and O–H groups in total. The van der Waals surface area contributed by atoms with Crippen molar-refractivity contribution >= 4 is 29.1 Å². The van der Waals surface area contributed by atoms with E-state index in [1.165, 1.54) is 12.1 Å². The first-order chi connectivity index (χ1) is 13.3. The molecule has 0 fully saturated rings. The molecule has 0 aromatic carbocycles. The molecule has 2 heterocycles. The summed E-state index contributed by atoms with van der Waals surface area (Å²) in [5, 5.41) is 23.2. The minimum absolute atomic E-state index is 0.0308. The number of hydrogen-bond donors (Lipinski definition) is 2. The minimum Gasteiger partial charge on any atom is -0.444 e. The van der Waals surface area contributed by atoms with Crippen molar-refractivity contribution in [2.75, 3.05) is 11.1 Å². The molecule has 0 aliphatic rings. The molecule has 2 aromatic rings. The van der Waals surface area contributed by atoms with E-state index in [0.29, 0.717) is 16.9 Å². The van der Waals surface area contributed by atoms with Crippen molar-refractivity contribution in [2.24, 2.45) is 0 Å². The number of nitrogens with two attached hydrogens (primary N) is 1. The van der Waals surface area contributed by atoms with Gasteiger partial charge in [0.2, 0.25) is 0 Å². The lowest BCUT2D eigenvalue weighted by Gasteiger charge is -2.19. The Kier molecular flexibility index (Phi) is 7.52. The molecule has 156 valence electrons. The minimum atomic E-state index is -0.646. The van der Waals surface area contributed by atoms with E-state index in [2.05, 4.69) is 15.3 Å². The van der Waals surface area contributed by atoms with E-state index in [9.17, 15) is 25.0 Å². The highest BCUT2D eigenvalue weighted by Gasteiger charge is 2.18. The van der Waals surface area contributed by atoms with Crippen LogP contribution in [-0.2, 0) is 4.74 Å². The number of hydrogen-bond acceptors (Lipinski definition) is 9. The summed E-state index contributed by atoms with van der Waals surface area (Å²) in [6.45, 7) is 8.51. The zero-order valence-electron chi connectivity index (χ0n) is 16.6. The van der Waals surface area contributed by atoms with E-state index in [-0.39, 0.29) is 17.2 Å². The summed E-state index contributed by atoms with van der Waals surface area (Å²) in [5.41, 5.74) is 5.71. The number of amides is 1. The number of anilines is 2. The first-order valence-electron chi connectivity index (χ1n) is 8.27. The molecule has 2 aromatic heterocycles. The predicted molar refractivity (Wildman–Crippen MR) is 106 cm³/mol. The summed E-state index contributed by atoms with van der Waals surface area (Å²) < 4.78 is 5.05. The van der Waals surface area contributed by atoms with Gasteiger partial charge in [-0.3, -0.25) is 25.5 Å². The lowest BCUT2D eigenvalue weighted by molar-refractivity contribution is -0.385. The van der Waals surface area contributed by atoms with E-state index in [4.69, 9.17) is 10.5 Å². The maximum atomic E-state index is 11.5. The standard InChI is InChI=1S/C11H15N3O4.C6H7N3O2/c1-7-5-8(14(16)17)6-12-9(7)13-10(15)18-11(2,3)4;1-4-2-5(9(10)11)3-8-6(4)7/h5-6H,1-4H3,(H,12,13,15);2-3H,1H3,(H2,7,8). The number of nitrogens with one attached hydrogen (secondary N) is 1. The second kappa shape index (κ2) is 9.39. The number of carbonyl (C=O) groups excluding carboxylic acids is 1. The lowest BCUT2D eigenvalue weighted by Crippen LogP contribution is -2.27. The number of rotatable bonds is 3. The van der Waals surface area contributed by atoms with Gasteiger partial charge >= 0.3 is 6.09 Å². The third kappa shape index (κ3) is 7.74. The van der Waals surface area contributed by atoms with Crippen LogP contribution in [0.15, 0.2) is 24.5 Å². The van der Waals surface area contributed by atoms with Gasteiger partial charge in [0.15, 0.2) is 0 Å². The van der Waals surface area contributed by atoms with Crippen LogP contribution in [0.2, 0.25) is 0 Å². The average molecular weight is 406 g/mol. The topological polar surface area (TPSA) is 176 Å². The monoisotopic (exact) mass is 406 g/mol. The Morgan fingerprint density at radius 1 is 1.03 bits per heavy atom. The average Bonchev–Trinajstić information content (AvgIpc) is 2.57. The number of nitrogens with zero attached hydrogens (tertiary/aromatic N) is 4. The molecular formula is C17H22N6O6. The first-order valence-corrected chi connectivity index (χ1v) is 8.27. The quantitative estimate of drug-likeness (QED) is 0.570. The zero-order chi connectivity index (χ0) is 22.4. The summed E-state index contributed by atoms with van der Waals surface area (Å²) in [7, 11) is 0. The van der Waals surface area contributed by atoms with Crippen LogP contribution in [0.4, 0.5) is 27.8 Å². The Balaban J connectivity index is 0.000000326. The van der Waals surface area contributed by atoms with Gasteiger partial charge in [-0.15, -0.1) is 0 Å². The first kappa shape index (κ1) is 23.2. The van der Waals surface area contributed by atoms with Gasteiger partial charge in [0.25, 0.3) is 11.4 Å². The van der Waals surface area contributed by atoms with Crippen molar-refractivity contribution < 1.29 is 19.4 Å². The van der Waals surface area contributed by atoms with Crippen LogP contribution < -0.4 is 11.1 Å². The molecular weight excluding hydrogens is 384 g/mol. The van der Waals surface area contributed by atoms with Crippen LogP contribution >= 0.6 is 0 Å². The Morgan fingerprint density at radius 3 is 1.93 bits per heavy atom. The summed E-state index contributed by atoms with van der Waals surface area (Å²) in [5.74, 6) is 0.574. The van der Waals surface area contributed by atoms with Crippen molar-refractivity contribution in [3.8, 4) is 0 Å². The maximum absolute atomic E-state index is 11.5. The molecule has 0 aliphatic heterocycles. The number of ether oxygens (including phenoxy) is 1. The number of pyridine rings is 2. The molecule has 0 spiro atoms. The van der Waals surface area contributed by atoms with Crippen molar-refractivity contribution in [3.05, 3.63) is 55.9 Å². The van der Waals surface area contributed by atoms with Gasteiger partial charge in [0.05, 0.1) is 9.85 Å². The second-order valence-corrected chi connectivity index (χ2v) is 6.90. The largest absolute Gasteiger partial charge is 0.444 e. The number of nitro groups is 2. The number of nitrogen functional groups attached to an aromatic ring is 1. The van der Waals surface area contributed by atoms with E-state index in [1.807, 2.05) is 0 Å². The number of aromatic nitrogens is 2. The molecule has 29 heavy (non-hydrogen) atoms. The third-order valence-corrected chi connectivity index (χ3v) is 3.21. The second-order valence-electron chi connectivity index (χ2n) is 6.90. The highest BCUT2D eigenvalue weighted by Crippen LogP contribution is 2.19. The molecule has 0 unspecified atom stereocenters. The van der Waals surface area contributed by atoms with Crippen LogP contribution in [0, 0.1) is 34.1 Å². The summed E-state index contributed by atoms with van der Waals surface area (Å²) >= 11 is 0. The van der Waals surface area contributed by atoms with E-state index in [1.54, 1.807) is 34.6 Å². The molecule has 0 atom stereocenters. The van der Waals surface area contributed by atoms with Gasteiger partial charge in [-0.25, -0.2) is 14.8 Å². The van der Waals surface area contributed by atoms with Gasteiger partial charge < -0.3 is 10.5 Å². The summed E-state index contributed by atoms with van der Waals surface area (Å²) in [6.07, 6.45) is 1.58. The predicted octanol–water partition coefficient (Wildman–Crippen LogP) is 3.53. The van der Waals surface area contributed by atoms with Crippen LogP contribution in [0.25, 0.3) is 0 Å². The molecule has 0 bridgehead atoms. The smallest absolute Gasteiger partial charge is 0.413 e. The fraction of sp³-hybridized carbons (Fsp3) is 0.353. The fourth-order valence-corrected chi connectivity index (χ4v) is 1.86. The van der Waals surface area contributed by atoms with Crippen molar-refractivity contribution in [2.45, 2.75) is 40.2 Å². The Hall–Kier alpha value is -3.83. The molecule has 12 heteroatoms. The Bertz CT molecular complexity index is 925. The molecule has 0 saturated heterocycles. The van der Waals surface area contributed by atoms with Gasteiger partial charge in [0.1, 0.15) is 29.6 Å². The lowest BCUT2D eigenvalue weighted by atomic mass is 10.2. The molecule has 12 nitrogen and oxygen atoms in total. The van der Waals surface area contributed by atoms with Crippen LogP contribution in [0.3, 0.4) is 0 Å². The van der Waals surface area contributed by atoms with Gasteiger partial charge in [-0.2, -0.15) is 0 Å². The highest BCUT2D eigenvalue weighted by atomic mass is 16.6. The summed E-state index contributed by atoms with van der Waals surface area (Å²) in [4.78, 5) is 38.6. The maximum Gasteiger partial charge on any atom is 0.413 e. The number of carbonyl (C=O) groups is 1. The number of aryl methyl sites for hydroxylation is 2. The SMILES string of the molecule is Cc1cc([N+](=O)[O-])cnc1N.Cc1cc([N+](=O)[O-])cnc1NC(=O)OC(C)(C)C. The van der Waals surface area contributed by atoms with Crippen LogP contribution in [0.1, 0.15) is 31.9 Å². The normalized spacial score (nSPS) is 10.4. The fourth-order valence-electron chi connectivity index (χ4n) is 1.86. The van der Waals surface area contributed by atoms with Crippen molar-refractivity contribution in [3.63, 3.8) is 0 Å². The van der Waals surface area contributed by atoms with Crippen LogP contribution in [0.5, 0.6) is 0 Å². The van der Waals surface area contributed by atoms with Crippen molar-refractivity contribution in [1.82, 2.24) is 9.97 Å². The van der Waals surface area contributed by atoms with E-state index < -0.39 is 21.5 Å². The summed E-state index contributed by atoms with van der Waals surface area (Å²) in [6, 6.07) is 2.72. The highest BCUT2D eigenvalue weighted by molar-refractivity contribution is 5.84. The van der Waals surface area contributed by atoms with Gasteiger partial charge in [-0.1, -0.05) is 0 Å². The zero-order valence-corrected chi connectivity index (χ0v) is 16.6. The molecule has 0 radical (unpaired) electrons. The molecule has 0 saturated carbocycles. The van der Waals surface area contributed by atoms with E-state index >= 15 is 0 Å². The van der Waals surface area contributed by atoms with Gasteiger partial charge in [-0.05, 0) is 45.7 Å². The van der Waals surface area contributed by atoms with Crippen LogP contribution in [-0.4, -0.2) is 31.5 Å². The Morgan fingerprint density at radius 2 is 1.52 bits per heavy atom. The molecule has 2 rings (SSSR count). The van der Waals surface area contributed by atoms with Gasteiger partial charge in [0, 0.05) is 12.1 Å². The Labute approximate surface area is 166 Å². The molecule has 0 aliphatic carbocycles.